The van der Waals surface area contributed by atoms with Gasteiger partial charge in [-0.2, -0.15) is 5.10 Å². The molecular weight excluding hydrogens is 217 g/mol. The van der Waals surface area contributed by atoms with Crippen LogP contribution in [0, 0.1) is 5.82 Å². The van der Waals surface area contributed by atoms with Gasteiger partial charge in [-0.15, -0.1) is 0 Å². The molecule has 0 spiro atoms. The smallest absolute Gasteiger partial charge is 0.148 e. The van der Waals surface area contributed by atoms with Crippen molar-refractivity contribution >= 4 is 11.6 Å². The summed E-state index contributed by atoms with van der Waals surface area (Å²) in [5, 5.41) is 4.33. The molecule has 0 radical (unpaired) electrons. The molecule has 15 heavy (non-hydrogen) atoms. The topological polar surface area (TPSA) is 43.8 Å². The lowest BCUT2D eigenvalue weighted by Gasteiger charge is -2.04. The fourth-order valence-corrected chi connectivity index (χ4v) is 1.56. The Morgan fingerprint density at radius 1 is 1.40 bits per heavy atom. The molecule has 2 N–H and O–H groups in total. The Morgan fingerprint density at radius 3 is 2.73 bits per heavy atom. The van der Waals surface area contributed by atoms with E-state index in [-0.39, 0.29) is 12.4 Å². The van der Waals surface area contributed by atoms with E-state index < -0.39 is 0 Å². The van der Waals surface area contributed by atoms with E-state index in [4.69, 9.17) is 17.3 Å². The Hall–Kier alpha value is -1.39. The van der Waals surface area contributed by atoms with Crippen molar-refractivity contribution in [2.75, 3.05) is 0 Å². The van der Waals surface area contributed by atoms with Gasteiger partial charge in [-0.3, -0.25) is 0 Å². The number of halogens is 2. The first-order valence-electron chi connectivity index (χ1n) is 4.41. The van der Waals surface area contributed by atoms with Crippen molar-refractivity contribution in [3.8, 4) is 5.69 Å². The van der Waals surface area contributed by atoms with Crippen molar-refractivity contribution < 1.29 is 4.39 Å². The van der Waals surface area contributed by atoms with Gasteiger partial charge in [-0.1, -0.05) is 23.7 Å². The fraction of sp³-hybridized carbons (Fsp3) is 0.100. The number of nitrogens with two attached hydrogens (primary N) is 1. The average molecular weight is 226 g/mol. The molecule has 0 fully saturated rings. The normalized spacial score (nSPS) is 10.6. The Balaban J connectivity index is 2.55. The molecule has 0 unspecified atom stereocenters. The maximum Gasteiger partial charge on any atom is 0.148 e. The summed E-state index contributed by atoms with van der Waals surface area (Å²) >= 11 is 5.98. The highest BCUT2D eigenvalue weighted by Crippen LogP contribution is 2.21. The van der Waals surface area contributed by atoms with Crippen LogP contribution in [-0.4, -0.2) is 9.78 Å². The third-order valence-electron chi connectivity index (χ3n) is 2.08. The second-order valence-corrected chi connectivity index (χ2v) is 3.39. The van der Waals surface area contributed by atoms with Gasteiger partial charge in [0.1, 0.15) is 16.7 Å². The summed E-state index contributed by atoms with van der Waals surface area (Å²) in [7, 11) is 0. The zero-order valence-electron chi connectivity index (χ0n) is 7.82. The number of benzene rings is 1. The Kier molecular flexibility index (Phi) is 2.70. The molecule has 2 aromatic rings. The van der Waals surface area contributed by atoms with Gasteiger partial charge in [-0.25, -0.2) is 9.07 Å². The van der Waals surface area contributed by atoms with E-state index in [0.717, 1.165) is 0 Å². The minimum atomic E-state index is -0.369. The van der Waals surface area contributed by atoms with E-state index in [0.29, 0.717) is 16.4 Å². The standard InChI is InChI=1S/C10H9ClFN3/c11-10-7(5-13)6-14-15(10)9-4-2-1-3-8(9)12/h1-4,6H,5,13H2. The molecule has 1 heterocycles. The second kappa shape index (κ2) is 4.00. The van der Waals surface area contributed by atoms with Crippen LogP contribution in [-0.2, 0) is 6.54 Å². The van der Waals surface area contributed by atoms with Gasteiger partial charge in [-0.05, 0) is 12.1 Å². The van der Waals surface area contributed by atoms with Crippen molar-refractivity contribution in [3.63, 3.8) is 0 Å². The van der Waals surface area contributed by atoms with Crippen molar-refractivity contribution in [1.29, 1.82) is 0 Å². The maximum absolute atomic E-state index is 13.4. The SMILES string of the molecule is NCc1cnn(-c2ccccc2F)c1Cl. The first-order chi connectivity index (χ1) is 7.24. The number of para-hydroxylation sites is 1. The van der Waals surface area contributed by atoms with E-state index in [9.17, 15) is 4.39 Å². The second-order valence-electron chi connectivity index (χ2n) is 3.03. The highest BCUT2D eigenvalue weighted by atomic mass is 35.5. The lowest BCUT2D eigenvalue weighted by molar-refractivity contribution is 0.611. The van der Waals surface area contributed by atoms with Crippen LogP contribution in [0.1, 0.15) is 5.56 Å². The number of nitrogens with zero attached hydrogens (tertiary/aromatic N) is 2. The highest BCUT2D eigenvalue weighted by Gasteiger charge is 2.11. The highest BCUT2D eigenvalue weighted by molar-refractivity contribution is 6.30. The maximum atomic E-state index is 13.4. The zero-order chi connectivity index (χ0) is 10.8. The summed E-state index contributed by atoms with van der Waals surface area (Å²) in [5.74, 6) is -0.369. The average Bonchev–Trinajstić information content (AvgIpc) is 2.60. The Labute approximate surface area is 91.3 Å². The van der Waals surface area contributed by atoms with Crippen molar-refractivity contribution in [1.82, 2.24) is 9.78 Å². The molecular formula is C10H9ClFN3. The molecule has 0 amide bonds. The van der Waals surface area contributed by atoms with Crippen LogP contribution in [0.15, 0.2) is 30.5 Å². The molecule has 5 heteroatoms. The van der Waals surface area contributed by atoms with Gasteiger partial charge < -0.3 is 5.73 Å². The molecule has 0 aliphatic heterocycles. The molecule has 0 saturated carbocycles. The molecule has 0 aliphatic carbocycles. The predicted molar refractivity (Wildman–Crippen MR) is 56.4 cm³/mol. The molecule has 0 atom stereocenters. The molecule has 78 valence electrons. The first-order valence-corrected chi connectivity index (χ1v) is 4.79. The minimum Gasteiger partial charge on any atom is -0.326 e. The van der Waals surface area contributed by atoms with Crippen LogP contribution in [0.3, 0.4) is 0 Å². The van der Waals surface area contributed by atoms with Gasteiger partial charge >= 0.3 is 0 Å². The van der Waals surface area contributed by atoms with Crippen LogP contribution in [0.25, 0.3) is 5.69 Å². The quantitative estimate of drug-likeness (QED) is 0.851. The molecule has 1 aromatic carbocycles. The molecule has 2 rings (SSSR count). The molecule has 3 nitrogen and oxygen atoms in total. The van der Waals surface area contributed by atoms with Crippen LogP contribution >= 0.6 is 11.6 Å². The van der Waals surface area contributed by atoms with E-state index in [1.807, 2.05) is 0 Å². The lowest BCUT2D eigenvalue weighted by atomic mass is 10.3. The number of hydrogen-bond donors (Lipinski definition) is 1. The Morgan fingerprint density at radius 2 is 2.13 bits per heavy atom. The number of rotatable bonds is 2. The van der Waals surface area contributed by atoms with Gasteiger partial charge in [0.05, 0.1) is 6.20 Å². The number of hydrogen-bond acceptors (Lipinski definition) is 2. The fourth-order valence-electron chi connectivity index (χ4n) is 1.30. The minimum absolute atomic E-state index is 0.285. The van der Waals surface area contributed by atoms with Gasteiger partial charge in [0.25, 0.3) is 0 Å². The summed E-state index contributed by atoms with van der Waals surface area (Å²) in [5.41, 5.74) is 6.46. The van der Waals surface area contributed by atoms with Crippen LogP contribution < -0.4 is 5.73 Å². The summed E-state index contributed by atoms with van der Waals surface area (Å²) in [6, 6.07) is 6.29. The van der Waals surface area contributed by atoms with E-state index in [1.165, 1.54) is 16.9 Å². The van der Waals surface area contributed by atoms with Gasteiger partial charge in [0.2, 0.25) is 0 Å². The number of aromatic nitrogens is 2. The van der Waals surface area contributed by atoms with Crippen LogP contribution in [0.2, 0.25) is 5.15 Å². The third-order valence-corrected chi connectivity index (χ3v) is 2.48. The van der Waals surface area contributed by atoms with Crippen LogP contribution in [0.5, 0.6) is 0 Å². The van der Waals surface area contributed by atoms with E-state index in [1.54, 1.807) is 18.2 Å². The molecule has 0 saturated heterocycles. The van der Waals surface area contributed by atoms with E-state index in [2.05, 4.69) is 5.10 Å². The van der Waals surface area contributed by atoms with E-state index >= 15 is 0 Å². The predicted octanol–water partition coefficient (Wildman–Crippen LogP) is 2.12. The zero-order valence-corrected chi connectivity index (χ0v) is 8.58. The summed E-state index contributed by atoms with van der Waals surface area (Å²) in [6.45, 7) is 0.285. The first kappa shape index (κ1) is 10.1. The van der Waals surface area contributed by atoms with Crippen LogP contribution in [0.4, 0.5) is 4.39 Å². The van der Waals surface area contributed by atoms with Crippen molar-refractivity contribution in [2.24, 2.45) is 5.73 Å². The largest absolute Gasteiger partial charge is 0.326 e. The molecule has 1 aromatic heterocycles. The van der Waals surface area contributed by atoms with Crippen molar-refractivity contribution in [2.45, 2.75) is 6.54 Å². The van der Waals surface area contributed by atoms with Gasteiger partial charge in [0, 0.05) is 12.1 Å². The Bertz CT molecular complexity index is 481. The molecule has 0 aliphatic rings. The summed E-state index contributed by atoms with van der Waals surface area (Å²) < 4.78 is 14.8. The van der Waals surface area contributed by atoms with Gasteiger partial charge in [0.15, 0.2) is 0 Å². The summed E-state index contributed by atoms with van der Waals surface area (Å²) in [6.07, 6.45) is 1.54. The monoisotopic (exact) mass is 225 g/mol. The molecule has 0 bridgehead atoms. The third kappa shape index (κ3) is 1.73. The van der Waals surface area contributed by atoms with Crippen molar-refractivity contribution in [3.05, 3.63) is 47.0 Å². The summed E-state index contributed by atoms with van der Waals surface area (Å²) in [4.78, 5) is 0. The lowest BCUT2D eigenvalue weighted by Crippen LogP contribution is -2.00.